The number of aliphatic carboxylic acids is 1. The Morgan fingerprint density at radius 3 is 1.82 bits per heavy atom. The SMILES string of the molecule is C[C@@H]1[C@H](O)[C@@H](C)/C=C/C=C/C=C/C=C/C=C/C=C/C=C/[C@H](O[C@H]2O[C@@H](C)[C@@H](O)[C@H](N)[C@@H]2O)C[C@@H]2O[C@](O)(C[C@@H](O)C[C@@H](O)[C@H](O)CC[C@@H](O)C[C@@H](O)CC(=O)O[C@H]1C)C[C@H](O)[C@H]2C(=O)O. The van der Waals surface area contributed by atoms with Crippen LogP contribution >= 0.6 is 0 Å². The van der Waals surface area contributed by atoms with Crippen molar-refractivity contribution in [3.8, 4) is 0 Å². The number of allylic oxidation sites excluding steroid dienone is 12. The summed E-state index contributed by atoms with van der Waals surface area (Å²) >= 11 is 0. The number of carbonyl (C=O) groups is 2. The lowest BCUT2D eigenvalue weighted by Crippen LogP contribution is -2.61. The fourth-order valence-corrected chi connectivity index (χ4v) is 7.97. The maximum Gasteiger partial charge on any atom is 0.311 e. The Morgan fingerprint density at radius 1 is 0.662 bits per heavy atom. The number of carboxylic acids is 1. The predicted molar refractivity (Wildman–Crippen MR) is 237 cm³/mol. The fraction of sp³-hybridized carbons (Fsp3) is 0.660. The molecule has 2 saturated heterocycles. The van der Waals surface area contributed by atoms with Crippen molar-refractivity contribution < 1.29 is 84.7 Å². The second-order valence-electron chi connectivity index (χ2n) is 17.6. The number of hydrogen-bond acceptors (Lipinski definition) is 17. The van der Waals surface area contributed by atoms with Crippen LogP contribution in [0.5, 0.6) is 0 Å². The molecule has 0 unspecified atom stereocenters. The molecule has 0 amide bonds. The van der Waals surface area contributed by atoms with Crippen LogP contribution in [0.15, 0.2) is 85.1 Å². The first-order valence-corrected chi connectivity index (χ1v) is 22.3. The molecule has 0 aromatic rings. The summed E-state index contributed by atoms with van der Waals surface area (Å²) in [4.78, 5) is 25.1. The number of aliphatic hydroxyl groups excluding tert-OH is 9. The number of aliphatic hydroxyl groups is 10. The first-order chi connectivity index (χ1) is 30.6. The Kier molecular flexibility index (Phi) is 23.6. The van der Waals surface area contributed by atoms with Gasteiger partial charge in [-0.2, -0.15) is 0 Å². The minimum absolute atomic E-state index is 0.107. The highest BCUT2D eigenvalue weighted by Crippen LogP contribution is 2.38. The lowest BCUT2D eigenvalue weighted by atomic mass is 9.82. The van der Waals surface area contributed by atoms with Gasteiger partial charge in [0.15, 0.2) is 12.1 Å². The van der Waals surface area contributed by atoms with Gasteiger partial charge in [0.1, 0.15) is 18.1 Å². The molecule has 3 heterocycles. The highest BCUT2D eigenvalue weighted by molar-refractivity contribution is 5.71. The third kappa shape index (κ3) is 18.6. The molecular weight excluding hydrogens is 851 g/mol. The summed E-state index contributed by atoms with van der Waals surface area (Å²) in [6, 6.07) is -1.15. The molecule has 368 valence electrons. The number of ether oxygens (including phenoxy) is 4. The van der Waals surface area contributed by atoms with Crippen LogP contribution in [0.1, 0.15) is 79.1 Å². The van der Waals surface area contributed by atoms with Crippen molar-refractivity contribution in [3.05, 3.63) is 85.1 Å². The van der Waals surface area contributed by atoms with Gasteiger partial charge in [0.2, 0.25) is 0 Å². The summed E-state index contributed by atoms with van der Waals surface area (Å²) in [5.74, 6) is -6.83. The molecule has 0 spiro atoms. The number of carbonyl (C=O) groups excluding carboxylic acids is 1. The van der Waals surface area contributed by atoms with Gasteiger partial charge in [0.05, 0.1) is 79.6 Å². The van der Waals surface area contributed by atoms with E-state index in [1.54, 1.807) is 80.7 Å². The van der Waals surface area contributed by atoms with Crippen LogP contribution in [0.2, 0.25) is 0 Å². The number of esters is 1. The third-order valence-electron chi connectivity index (χ3n) is 12.0. The van der Waals surface area contributed by atoms with E-state index in [1.165, 1.54) is 13.0 Å². The molecule has 0 radical (unpaired) electrons. The molecular formula is C47H73NO17. The molecule has 65 heavy (non-hydrogen) atoms. The van der Waals surface area contributed by atoms with E-state index in [1.807, 2.05) is 19.1 Å². The molecule has 2 bridgehead atoms. The second kappa shape index (κ2) is 27.4. The van der Waals surface area contributed by atoms with E-state index >= 15 is 0 Å². The first-order valence-electron chi connectivity index (χ1n) is 22.3. The van der Waals surface area contributed by atoms with Crippen LogP contribution in [0.4, 0.5) is 0 Å². The van der Waals surface area contributed by atoms with Crippen molar-refractivity contribution in [2.45, 2.75) is 177 Å². The highest BCUT2D eigenvalue weighted by atomic mass is 16.7. The lowest BCUT2D eigenvalue weighted by Gasteiger charge is -2.45. The van der Waals surface area contributed by atoms with Crippen molar-refractivity contribution in [1.82, 2.24) is 0 Å². The number of carboxylic acid groups (broad SMARTS) is 1. The summed E-state index contributed by atoms with van der Waals surface area (Å²) in [5.41, 5.74) is 6.02. The van der Waals surface area contributed by atoms with E-state index in [2.05, 4.69) is 0 Å². The average Bonchev–Trinajstić information content (AvgIpc) is 3.21. The van der Waals surface area contributed by atoms with Gasteiger partial charge in [-0.05, 0) is 33.1 Å². The van der Waals surface area contributed by atoms with Gasteiger partial charge in [-0.25, -0.2) is 0 Å². The minimum atomic E-state index is -2.33. The molecule has 3 rings (SSSR count). The van der Waals surface area contributed by atoms with E-state index in [0.717, 1.165) is 0 Å². The Bertz CT molecular complexity index is 1670. The van der Waals surface area contributed by atoms with Crippen LogP contribution in [0.3, 0.4) is 0 Å². The standard InChI is InChI=1S/C47H73NO17/c1-27-17-15-13-11-9-7-5-6-8-10-12-14-16-18-34(64-46-44(58)41(48)43(57)30(4)63-46)24-38-40(45(59)60)37(54)26-47(61,65-38)25-33(51)22-36(53)35(52)20-19-31(49)21-32(50)23-39(55)62-29(3)28(2)42(27)56/h5-18,27-38,40-44,46,49-54,56-58,61H,19-26,48H2,1-4H3,(H,59,60)/b6-5+,9-7+,10-8+,13-11+,14-12+,17-15+,18-16+/t27-,28-,29-,30-,31+,32+,33-,34-,35+,36+,37-,38-,40+,41-,42+,43+,44-,46+,47+/m0/s1. The van der Waals surface area contributed by atoms with Gasteiger partial charge in [-0.3, -0.25) is 9.59 Å². The maximum absolute atomic E-state index is 12.6. The maximum atomic E-state index is 12.6. The summed E-state index contributed by atoms with van der Waals surface area (Å²) in [7, 11) is 0. The third-order valence-corrected chi connectivity index (χ3v) is 12.0. The molecule has 18 heteroatoms. The van der Waals surface area contributed by atoms with Crippen molar-refractivity contribution >= 4 is 11.9 Å². The normalized spacial score (nSPS) is 45.5. The summed E-state index contributed by atoms with van der Waals surface area (Å²) in [5, 5.41) is 118. The van der Waals surface area contributed by atoms with Gasteiger partial charge in [-0.1, -0.05) is 98.9 Å². The molecule has 3 aliphatic heterocycles. The van der Waals surface area contributed by atoms with Crippen LogP contribution in [0.25, 0.3) is 0 Å². The monoisotopic (exact) mass is 923 g/mol. The summed E-state index contributed by atoms with van der Waals surface area (Å²) in [6.45, 7) is 6.74. The topological polar surface area (TPSA) is 320 Å². The Labute approximate surface area is 381 Å². The lowest BCUT2D eigenvalue weighted by molar-refractivity contribution is -0.308. The zero-order valence-electron chi connectivity index (χ0n) is 37.6. The van der Waals surface area contributed by atoms with Crippen LogP contribution < -0.4 is 5.73 Å². The predicted octanol–water partition coefficient (Wildman–Crippen LogP) is 0.712. The summed E-state index contributed by atoms with van der Waals surface area (Å²) < 4.78 is 23.1. The number of nitrogens with two attached hydrogens (primary N) is 1. The van der Waals surface area contributed by atoms with E-state index in [-0.39, 0.29) is 31.6 Å². The van der Waals surface area contributed by atoms with Crippen LogP contribution in [-0.2, 0) is 28.5 Å². The quantitative estimate of drug-likeness (QED) is 0.174. The highest BCUT2D eigenvalue weighted by Gasteiger charge is 2.51. The molecule has 3 aliphatic rings. The van der Waals surface area contributed by atoms with Crippen LogP contribution in [-0.4, -0.2) is 166 Å². The Hall–Kier alpha value is -3.44. The number of cyclic esters (lactones) is 1. The zero-order chi connectivity index (χ0) is 48.4. The van der Waals surface area contributed by atoms with E-state index in [9.17, 15) is 65.8 Å². The zero-order valence-corrected chi connectivity index (χ0v) is 37.6. The number of rotatable bonds is 3. The first kappa shape index (κ1) is 55.9. The van der Waals surface area contributed by atoms with E-state index in [0.29, 0.717) is 0 Å². The average molecular weight is 924 g/mol. The minimum Gasteiger partial charge on any atom is -0.481 e. The Balaban J connectivity index is 1.86. The van der Waals surface area contributed by atoms with Gasteiger partial charge < -0.3 is 80.9 Å². The number of hydrogen-bond donors (Lipinski definition) is 12. The molecule has 0 saturated carbocycles. The molecule has 0 aliphatic carbocycles. The number of fused-ring (bicyclic) bond motifs is 2. The van der Waals surface area contributed by atoms with E-state index in [4.69, 9.17) is 24.7 Å². The van der Waals surface area contributed by atoms with Gasteiger partial charge >= 0.3 is 11.9 Å². The van der Waals surface area contributed by atoms with Gasteiger partial charge in [0.25, 0.3) is 0 Å². The van der Waals surface area contributed by atoms with Crippen molar-refractivity contribution in [2.75, 3.05) is 0 Å². The largest absolute Gasteiger partial charge is 0.481 e. The molecule has 0 aromatic heterocycles. The van der Waals surface area contributed by atoms with Crippen molar-refractivity contribution in [3.63, 3.8) is 0 Å². The van der Waals surface area contributed by atoms with E-state index < -0.39 is 147 Å². The molecule has 19 atom stereocenters. The van der Waals surface area contributed by atoms with Gasteiger partial charge in [-0.15, -0.1) is 0 Å². The second-order valence-corrected chi connectivity index (χ2v) is 17.6. The molecule has 0 aromatic carbocycles. The van der Waals surface area contributed by atoms with Gasteiger partial charge in [0, 0.05) is 37.5 Å². The summed E-state index contributed by atoms with van der Waals surface area (Å²) in [6.07, 6.45) is 3.46. The fourth-order valence-electron chi connectivity index (χ4n) is 7.97. The molecule has 13 N–H and O–H groups in total. The smallest absolute Gasteiger partial charge is 0.311 e. The van der Waals surface area contributed by atoms with Crippen molar-refractivity contribution in [1.29, 1.82) is 0 Å². The molecule has 18 nitrogen and oxygen atoms in total. The van der Waals surface area contributed by atoms with Crippen LogP contribution in [0, 0.1) is 17.8 Å². The van der Waals surface area contributed by atoms with Crippen molar-refractivity contribution in [2.24, 2.45) is 23.5 Å². The molecule has 2 fully saturated rings. The Morgan fingerprint density at radius 2 is 1.23 bits per heavy atom.